The fourth-order valence-electron chi connectivity index (χ4n) is 1.75. The molecule has 26 heavy (non-hydrogen) atoms. The van der Waals surface area contributed by atoms with E-state index < -0.39 is 18.0 Å². The molecule has 1 aromatic rings. The molecule has 1 aromatic carbocycles. The van der Waals surface area contributed by atoms with Crippen LogP contribution in [0, 0.1) is 0 Å². The van der Waals surface area contributed by atoms with E-state index in [1.54, 1.807) is 12.2 Å². The first-order valence-electron chi connectivity index (χ1n) is 7.93. The zero-order chi connectivity index (χ0) is 19.2. The van der Waals surface area contributed by atoms with Gasteiger partial charge in [0.25, 0.3) is 0 Å². The highest BCUT2D eigenvalue weighted by molar-refractivity contribution is 8.00. The Labute approximate surface area is 157 Å². The summed E-state index contributed by atoms with van der Waals surface area (Å²) in [7, 11) is 1.27. The summed E-state index contributed by atoms with van der Waals surface area (Å²) in [6.07, 6.45) is 5.76. The molecule has 7 heteroatoms. The first kappa shape index (κ1) is 21.5. The summed E-state index contributed by atoms with van der Waals surface area (Å²) in [6, 6.07) is 9.50. The molecule has 1 atom stereocenters. The number of methoxy groups -OCH3 is 1. The Morgan fingerprint density at radius 1 is 1.15 bits per heavy atom. The van der Waals surface area contributed by atoms with Gasteiger partial charge in [-0.3, -0.25) is 9.59 Å². The van der Waals surface area contributed by atoms with Crippen molar-refractivity contribution in [3.8, 4) is 0 Å². The second-order valence-electron chi connectivity index (χ2n) is 5.02. The smallest absolute Gasteiger partial charge is 0.330 e. The molecule has 0 aliphatic heterocycles. The minimum atomic E-state index is -0.619. The Balaban J connectivity index is 2.53. The fraction of sp³-hybridized carbons (Fsp3) is 0.316. The van der Waals surface area contributed by atoms with Crippen LogP contribution in [0.1, 0.15) is 13.3 Å². The number of hydrogen-bond acceptors (Lipinski definition) is 7. The molecule has 1 rings (SSSR count). The molecule has 0 N–H and O–H groups in total. The maximum atomic E-state index is 12.0. The van der Waals surface area contributed by atoms with Crippen LogP contribution in [-0.2, 0) is 28.6 Å². The molecule has 6 nitrogen and oxygen atoms in total. The van der Waals surface area contributed by atoms with Gasteiger partial charge in [0.2, 0.25) is 0 Å². The lowest BCUT2D eigenvalue weighted by atomic mass is 10.2. The van der Waals surface area contributed by atoms with Crippen LogP contribution in [0.3, 0.4) is 0 Å². The SMILES string of the molecule is COC(=O)/C=C/[C@@H](C/C=C/COC(C)=O)OC(=O)CSc1ccccc1. The highest BCUT2D eigenvalue weighted by atomic mass is 32.2. The predicted octanol–water partition coefficient (Wildman–Crippen LogP) is 2.93. The summed E-state index contributed by atoms with van der Waals surface area (Å²) < 4.78 is 14.7. The molecule has 0 fully saturated rings. The van der Waals surface area contributed by atoms with Crippen molar-refractivity contribution >= 4 is 29.7 Å². The van der Waals surface area contributed by atoms with Crippen molar-refractivity contribution in [1.82, 2.24) is 0 Å². The van der Waals surface area contributed by atoms with Crippen molar-refractivity contribution in [2.45, 2.75) is 24.3 Å². The third-order valence-electron chi connectivity index (χ3n) is 2.95. The molecule has 0 aliphatic carbocycles. The first-order valence-corrected chi connectivity index (χ1v) is 8.91. The quantitative estimate of drug-likeness (QED) is 0.204. The summed E-state index contributed by atoms with van der Waals surface area (Å²) in [4.78, 5) is 34.9. The minimum absolute atomic E-state index is 0.139. The van der Waals surface area contributed by atoms with E-state index in [1.807, 2.05) is 30.3 Å². The second kappa shape index (κ2) is 12.8. The number of esters is 3. The molecule has 0 aliphatic rings. The van der Waals surface area contributed by atoms with Crippen LogP contribution in [0.2, 0.25) is 0 Å². The zero-order valence-corrected chi connectivity index (χ0v) is 15.6. The van der Waals surface area contributed by atoms with Crippen molar-refractivity contribution in [2.75, 3.05) is 19.5 Å². The van der Waals surface area contributed by atoms with E-state index in [-0.39, 0.29) is 18.3 Å². The van der Waals surface area contributed by atoms with E-state index in [0.717, 1.165) is 4.90 Å². The number of thioether (sulfide) groups is 1. The molecule has 0 spiro atoms. The van der Waals surface area contributed by atoms with Crippen LogP contribution < -0.4 is 0 Å². The average molecular weight is 378 g/mol. The molecule has 0 bridgehead atoms. The summed E-state index contributed by atoms with van der Waals surface area (Å²) in [5, 5.41) is 0. The van der Waals surface area contributed by atoms with Gasteiger partial charge in [-0.25, -0.2) is 4.79 Å². The van der Waals surface area contributed by atoms with E-state index in [0.29, 0.717) is 6.42 Å². The van der Waals surface area contributed by atoms with Crippen molar-refractivity contribution in [1.29, 1.82) is 0 Å². The van der Waals surface area contributed by atoms with Crippen molar-refractivity contribution in [2.24, 2.45) is 0 Å². The molecule has 0 heterocycles. The molecule has 0 unspecified atom stereocenters. The highest BCUT2D eigenvalue weighted by Gasteiger charge is 2.11. The van der Waals surface area contributed by atoms with Gasteiger partial charge in [-0.1, -0.05) is 30.4 Å². The topological polar surface area (TPSA) is 78.9 Å². The van der Waals surface area contributed by atoms with Gasteiger partial charge in [0, 0.05) is 24.3 Å². The molecule has 0 saturated heterocycles. The van der Waals surface area contributed by atoms with Crippen LogP contribution in [-0.4, -0.2) is 43.5 Å². The third kappa shape index (κ3) is 10.4. The Morgan fingerprint density at radius 3 is 2.54 bits per heavy atom. The number of rotatable bonds is 10. The Hall–Kier alpha value is -2.54. The van der Waals surface area contributed by atoms with Crippen molar-refractivity contribution in [3.63, 3.8) is 0 Å². The molecular formula is C19H22O6S. The summed E-state index contributed by atoms with van der Waals surface area (Å²) in [5.41, 5.74) is 0. The minimum Gasteiger partial charge on any atom is -0.466 e. The van der Waals surface area contributed by atoms with Crippen LogP contribution in [0.25, 0.3) is 0 Å². The number of hydrogen-bond donors (Lipinski definition) is 0. The summed E-state index contributed by atoms with van der Waals surface area (Å²) >= 11 is 1.37. The van der Waals surface area contributed by atoms with Crippen LogP contribution in [0.5, 0.6) is 0 Å². The summed E-state index contributed by atoms with van der Waals surface area (Å²) in [6.45, 7) is 1.46. The number of benzene rings is 1. The van der Waals surface area contributed by atoms with Crippen LogP contribution in [0.4, 0.5) is 0 Å². The average Bonchev–Trinajstić information content (AvgIpc) is 2.64. The van der Waals surface area contributed by atoms with E-state index >= 15 is 0 Å². The van der Waals surface area contributed by atoms with E-state index in [1.165, 1.54) is 37.9 Å². The molecule has 0 radical (unpaired) electrons. The van der Waals surface area contributed by atoms with Gasteiger partial charge in [0.05, 0.1) is 12.9 Å². The monoisotopic (exact) mass is 378 g/mol. The standard InChI is InChI=1S/C19H22O6S/c1-15(20)24-13-7-6-8-16(11-12-18(21)23-2)25-19(22)14-26-17-9-4-3-5-10-17/h3-7,9-12,16H,8,13-14H2,1-2H3/b7-6+,12-11+/t16-/m1/s1. The third-order valence-corrected chi connectivity index (χ3v) is 3.93. The largest absolute Gasteiger partial charge is 0.466 e. The van der Waals surface area contributed by atoms with Gasteiger partial charge >= 0.3 is 17.9 Å². The van der Waals surface area contributed by atoms with E-state index in [9.17, 15) is 14.4 Å². The number of carbonyl (C=O) groups excluding carboxylic acids is 3. The lowest BCUT2D eigenvalue weighted by Crippen LogP contribution is -2.17. The number of carbonyl (C=O) groups is 3. The van der Waals surface area contributed by atoms with Crippen molar-refractivity contribution < 1.29 is 28.6 Å². The number of ether oxygens (including phenoxy) is 3. The van der Waals surface area contributed by atoms with Gasteiger partial charge < -0.3 is 14.2 Å². The van der Waals surface area contributed by atoms with E-state index in [2.05, 4.69) is 4.74 Å². The maximum Gasteiger partial charge on any atom is 0.330 e. The van der Waals surface area contributed by atoms with Crippen LogP contribution in [0.15, 0.2) is 59.5 Å². The summed E-state index contributed by atoms with van der Waals surface area (Å²) in [5.74, 6) is -1.15. The van der Waals surface area contributed by atoms with Gasteiger partial charge in [-0.15, -0.1) is 11.8 Å². The lowest BCUT2D eigenvalue weighted by molar-refractivity contribution is -0.143. The van der Waals surface area contributed by atoms with Crippen LogP contribution >= 0.6 is 11.8 Å². The van der Waals surface area contributed by atoms with Crippen molar-refractivity contribution in [3.05, 3.63) is 54.6 Å². The molecule has 140 valence electrons. The zero-order valence-electron chi connectivity index (χ0n) is 14.8. The normalized spacial score (nSPS) is 12.1. The Bertz CT molecular complexity index is 639. The van der Waals surface area contributed by atoms with E-state index in [4.69, 9.17) is 9.47 Å². The second-order valence-corrected chi connectivity index (χ2v) is 6.07. The van der Waals surface area contributed by atoms with Gasteiger partial charge in [0.15, 0.2) is 0 Å². The predicted molar refractivity (Wildman–Crippen MR) is 98.6 cm³/mol. The molecule has 0 amide bonds. The maximum absolute atomic E-state index is 12.0. The molecule has 0 aromatic heterocycles. The van der Waals surface area contributed by atoms with Gasteiger partial charge in [0.1, 0.15) is 12.7 Å². The first-order chi connectivity index (χ1) is 12.5. The molecular weight excluding hydrogens is 356 g/mol. The lowest BCUT2D eigenvalue weighted by Gasteiger charge is -2.12. The van der Waals surface area contributed by atoms with Gasteiger partial charge in [-0.2, -0.15) is 0 Å². The van der Waals surface area contributed by atoms with Gasteiger partial charge in [-0.05, 0) is 18.2 Å². The molecule has 0 saturated carbocycles. The fourth-order valence-corrected chi connectivity index (χ4v) is 2.45. The highest BCUT2D eigenvalue weighted by Crippen LogP contribution is 2.17. The Morgan fingerprint density at radius 2 is 1.88 bits per heavy atom. The Kier molecular flexibility index (Phi) is 10.6.